The predicted molar refractivity (Wildman–Crippen MR) is 111 cm³/mol. The van der Waals surface area contributed by atoms with Crippen molar-refractivity contribution in [2.75, 3.05) is 23.0 Å². The number of halogens is 1. The minimum absolute atomic E-state index is 0.240. The zero-order valence-electron chi connectivity index (χ0n) is 14.9. The van der Waals surface area contributed by atoms with Crippen LogP contribution in [0.25, 0.3) is 0 Å². The molecule has 0 spiro atoms. The lowest BCUT2D eigenvalue weighted by Crippen LogP contribution is -2.44. The van der Waals surface area contributed by atoms with Gasteiger partial charge in [-0.25, -0.2) is 0 Å². The molecule has 1 fully saturated rings. The van der Waals surface area contributed by atoms with Gasteiger partial charge < -0.3 is 4.90 Å². The molecule has 1 saturated heterocycles. The van der Waals surface area contributed by atoms with E-state index in [1.54, 1.807) is 0 Å². The maximum absolute atomic E-state index is 12.1. The number of carbonyl (C=O) groups is 1. The van der Waals surface area contributed by atoms with Gasteiger partial charge in [0.15, 0.2) is 0 Å². The van der Waals surface area contributed by atoms with Gasteiger partial charge in [-0.2, -0.15) is 0 Å². The molecule has 0 radical (unpaired) electrons. The summed E-state index contributed by atoms with van der Waals surface area (Å²) in [5, 5.41) is -0.240. The van der Waals surface area contributed by atoms with Gasteiger partial charge in [0.1, 0.15) is 6.04 Å². The molecule has 0 aliphatic carbocycles. The highest BCUT2D eigenvalue weighted by Crippen LogP contribution is 2.36. The fraction of sp³-hybridized carbons (Fsp3) is 0.632. The molecule has 5 heteroatoms. The van der Waals surface area contributed by atoms with Crippen molar-refractivity contribution >= 4 is 46.1 Å². The molecule has 24 heavy (non-hydrogen) atoms. The first-order chi connectivity index (χ1) is 11.6. The standard InChI is InChI=1S/C19H28ClNOS2/c1-4-14-9-7-10-15(5-2)18(14)21(16(6-3)19(20)22)13-17-23-11-8-12-24-17/h7,9-10,16-17H,4-6,8,11-13H2,1-3H3. The second-order valence-electron chi connectivity index (χ2n) is 6.04. The molecule has 1 unspecified atom stereocenters. The molecule has 1 atom stereocenters. The van der Waals surface area contributed by atoms with Gasteiger partial charge in [0.2, 0.25) is 5.24 Å². The SMILES string of the molecule is CCc1cccc(CC)c1N(CC1SCCCS1)C(CC)C(=O)Cl. The van der Waals surface area contributed by atoms with E-state index < -0.39 is 0 Å². The van der Waals surface area contributed by atoms with Crippen molar-refractivity contribution in [3.8, 4) is 0 Å². The van der Waals surface area contributed by atoms with Crippen LogP contribution in [0.3, 0.4) is 0 Å². The maximum atomic E-state index is 12.1. The average molecular weight is 386 g/mol. The van der Waals surface area contributed by atoms with Crippen LogP contribution in [0.15, 0.2) is 18.2 Å². The third-order valence-corrected chi connectivity index (χ3v) is 7.68. The molecule has 2 rings (SSSR count). The third-order valence-electron chi connectivity index (χ3n) is 4.52. The minimum Gasteiger partial charge on any atom is -0.358 e. The van der Waals surface area contributed by atoms with Crippen LogP contribution in [0.4, 0.5) is 5.69 Å². The highest BCUT2D eigenvalue weighted by Gasteiger charge is 2.29. The van der Waals surface area contributed by atoms with Crippen molar-refractivity contribution in [2.24, 2.45) is 0 Å². The summed E-state index contributed by atoms with van der Waals surface area (Å²) in [6.07, 6.45) is 3.96. The Morgan fingerprint density at radius 2 is 1.79 bits per heavy atom. The number of anilines is 1. The molecule has 1 aromatic rings. The Hall–Kier alpha value is -0.320. The Kier molecular flexibility index (Phi) is 8.32. The van der Waals surface area contributed by atoms with Crippen LogP contribution in [0.1, 0.15) is 44.7 Å². The van der Waals surface area contributed by atoms with Crippen LogP contribution in [0.5, 0.6) is 0 Å². The fourth-order valence-electron chi connectivity index (χ4n) is 3.26. The Balaban J connectivity index is 2.42. The third kappa shape index (κ3) is 4.86. The first kappa shape index (κ1) is 20.0. The van der Waals surface area contributed by atoms with Gasteiger partial charge in [0, 0.05) is 12.2 Å². The lowest BCUT2D eigenvalue weighted by Gasteiger charge is -2.37. The number of benzene rings is 1. The molecule has 1 aromatic carbocycles. The summed E-state index contributed by atoms with van der Waals surface area (Å²) in [7, 11) is 0. The molecule has 1 heterocycles. The smallest absolute Gasteiger partial charge is 0.244 e. The van der Waals surface area contributed by atoms with Gasteiger partial charge in [-0.15, -0.1) is 23.5 Å². The molecular weight excluding hydrogens is 358 g/mol. The van der Waals surface area contributed by atoms with Crippen molar-refractivity contribution in [1.82, 2.24) is 0 Å². The molecule has 0 aromatic heterocycles. The number of carbonyl (C=O) groups excluding carboxylic acids is 1. The zero-order chi connectivity index (χ0) is 17.5. The Morgan fingerprint density at radius 3 is 2.25 bits per heavy atom. The molecule has 2 nitrogen and oxygen atoms in total. The van der Waals surface area contributed by atoms with E-state index >= 15 is 0 Å². The Bertz CT molecular complexity index is 524. The summed E-state index contributed by atoms with van der Waals surface area (Å²) in [4.78, 5) is 14.4. The van der Waals surface area contributed by atoms with E-state index in [1.165, 1.54) is 34.7 Å². The van der Waals surface area contributed by atoms with Crippen LogP contribution < -0.4 is 4.90 Å². The summed E-state index contributed by atoms with van der Waals surface area (Å²) < 4.78 is 0.512. The molecule has 0 amide bonds. The highest BCUT2D eigenvalue weighted by molar-refractivity contribution is 8.17. The van der Waals surface area contributed by atoms with Crippen molar-refractivity contribution in [2.45, 2.75) is 57.1 Å². The van der Waals surface area contributed by atoms with E-state index in [-0.39, 0.29) is 11.3 Å². The normalized spacial score (nSPS) is 16.8. The summed E-state index contributed by atoms with van der Waals surface area (Å²) in [5.74, 6) is 2.43. The first-order valence-electron chi connectivity index (χ1n) is 8.92. The topological polar surface area (TPSA) is 20.3 Å². The Morgan fingerprint density at radius 1 is 1.21 bits per heavy atom. The van der Waals surface area contributed by atoms with E-state index in [1.807, 2.05) is 23.5 Å². The monoisotopic (exact) mass is 385 g/mol. The van der Waals surface area contributed by atoms with Crippen LogP contribution in [0, 0.1) is 0 Å². The molecule has 1 aliphatic heterocycles. The average Bonchev–Trinajstić information content (AvgIpc) is 2.61. The van der Waals surface area contributed by atoms with Crippen LogP contribution in [-0.2, 0) is 17.6 Å². The molecule has 134 valence electrons. The number of nitrogens with zero attached hydrogens (tertiary/aromatic N) is 1. The number of para-hydroxylation sites is 1. The quantitative estimate of drug-likeness (QED) is 0.561. The van der Waals surface area contributed by atoms with Gasteiger partial charge in [-0.1, -0.05) is 39.0 Å². The van der Waals surface area contributed by atoms with Crippen LogP contribution >= 0.6 is 35.1 Å². The lowest BCUT2D eigenvalue weighted by molar-refractivity contribution is -0.112. The van der Waals surface area contributed by atoms with E-state index in [0.717, 1.165) is 25.8 Å². The number of thioether (sulfide) groups is 2. The number of hydrogen-bond acceptors (Lipinski definition) is 4. The van der Waals surface area contributed by atoms with Gasteiger partial charge in [-0.3, -0.25) is 4.79 Å². The van der Waals surface area contributed by atoms with Crippen molar-refractivity contribution in [3.05, 3.63) is 29.3 Å². The summed E-state index contributed by atoms with van der Waals surface area (Å²) >= 11 is 10.0. The van der Waals surface area contributed by atoms with E-state index in [4.69, 9.17) is 11.6 Å². The largest absolute Gasteiger partial charge is 0.358 e. The summed E-state index contributed by atoms with van der Waals surface area (Å²) in [6, 6.07) is 6.27. The van der Waals surface area contributed by atoms with Gasteiger partial charge in [-0.05, 0) is 59.9 Å². The first-order valence-corrected chi connectivity index (χ1v) is 11.4. The van der Waals surface area contributed by atoms with E-state index in [9.17, 15) is 4.79 Å². The molecular formula is C19H28ClNOS2. The number of hydrogen-bond donors (Lipinski definition) is 0. The van der Waals surface area contributed by atoms with E-state index in [0.29, 0.717) is 4.58 Å². The highest BCUT2D eigenvalue weighted by atomic mass is 35.5. The minimum atomic E-state index is -0.243. The van der Waals surface area contributed by atoms with Crippen molar-refractivity contribution < 1.29 is 4.79 Å². The van der Waals surface area contributed by atoms with Gasteiger partial charge >= 0.3 is 0 Å². The van der Waals surface area contributed by atoms with E-state index in [2.05, 4.69) is 43.9 Å². The van der Waals surface area contributed by atoms with Gasteiger partial charge in [0.05, 0.1) is 4.58 Å². The zero-order valence-corrected chi connectivity index (χ0v) is 17.3. The van der Waals surface area contributed by atoms with Gasteiger partial charge in [0.25, 0.3) is 0 Å². The van der Waals surface area contributed by atoms with Crippen LogP contribution in [-0.4, -0.2) is 33.9 Å². The fourth-order valence-corrected chi connectivity index (χ4v) is 6.36. The summed E-state index contributed by atoms with van der Waals surface area (Å²) in [5.41, 5.74) is 3.88. The number of rotatable bonds is 8. The predicted octanol–water partition coefficient (Wildman–Crippen LogP) is 5.36. The Labute approximate surface area is 160 Å². The molecule has 0 N–H and O–H groups in total. The molecule has 0 bridgehead atoms. The van der Waals surface area contributed by atoms with Crippen molar-refractivity contribution in [1.29, 1.82) is 0 Å². The van der Waals surface area contributed by atoms with Crippen molar-refractivity contribution in [3.63, 3.8) is 0 Å². The maximum Gasteiger partial charge on any atom is 0.244 e. The molecule has 1 aliphatic rings. The summed E-state index contributed by atoms with van der Waals surface area (Å²) in [6.45, 7) is 7.31. The second-order valence-corrected chi connectivity index (χ2v) is 9.33. The lowest BCUT2D eigenvalue weighted by atomic mass is 10.00. The van der Waals surface area contributed by atoms with Crippen LogP contribution in [0.2, 0.25) is 0 Å². The molecule has 0 saturated carbocycles. The second kappa shape index (κ2) is 9.98. The number of aryl methyl sites for hydroxylation is 2.